The number of hydrogen-bond acceptors (Lipinski definition) is 9. The van der Waals surface area contributed by atoms with Gasteiger partial charge in [-0.15, -0.1) is 0 Å². The number of halogens is 3. The lowest BCUT2D eigenvalue weighted by Crippen LogP contribution is -2.62. The van der Waals surface area contributed by atoms with Crippen molar-refractivity contribution in [2.75, 3.05) is 51.2 Å². The average molecular weight is 747 g/mol. The molecule has 3 saturated heterocycles. The first-order chi connectivity index (χ1) is 23.3. The van der Waals surface area contributed by atoms with Gasteiger partial charge in [0.15, 0.2) is 5.75 Å². The number of fused-ring (bicyclic) bond motifs is 1. The minimum Gasteiger partial charge on any atom is -0.485 e. The lowest BCUT2D eigenvalue weighted by molar-refractivity contribution is -0.0499. The van der Waals surface area contributed by atoms with E-state index < -0.39 is 12.2 Å². The molecule has 1 amide bonds. The molecule has 3 aliphatic heterocycles. The van der Waals surface area contributed by atoms with Gasteiger partial charge in [0, 0.05) is 50.1 Å². The molecule has 0 atom stereocenters. The number of aromatic nitrogens is 2. The van der Waals surface area contributed by atoms with Crippen molar-refractivity contribution in [1.82, 2.24) is 19.8 Å². The molecule has 3 aromatic rings. The van der Waals surface area contributed by atoms with E-state index in [2.05, 4.69) is 50.5 Å². The van der Waals surface area contributed by atoms with Crippen LogP contribution in [0.2, 0.25) is 0 Å². The second-order valence-electron chi connectivity index (χ2n) is 14.5. The van der Waals surface area contributed by atoms with Gasteiger partial charge in [0.25, 0.3) is 0 Å². The van der Waals surface area contributed by atoms with Crippen LogP contribution < -0.4 is 19.1 Å². The molecule has 2 aromatic carbocycles. The van der Waals surface area contributed by atoms with Crippen molar-refractivity contribution in [2.45, 2.75) is 84.7 Å². The van der Waals surface area contributed by atoms with Crippen molar-refractivity contribution < 1.29 is 32.5 Å². The molecule has 0 bridgehead atoms. The Morgan fingerprint density at radius 3 is 2.35 bits per heavy atom. The highest BCUT2D eigenvalue weighted by Gasteiger charge is 2.48. The van der Waals surface area contributed by atoms with Gasteiger partial charge >= 0.3 is 18.7 Å². The smallest absolute Gasteiger partial charge is 0.410 e. The summed E-state index contributed by atoms with van der Waals surface area (Å²) in [7, 11) is 2.12. The Morgan fingerprint density at radius 1 is 1.06 bits per heavy atom. The Balaban J connectivity index is 1.28. The summed E-state index contributed by atoms with van der Waals surface area (Å²) < 4.78 is 49.2. The zero-order chi connectivity index (χ0) is 34.9. The van der Waals surface area contributed by atoms with Crippen LogP contribution in [0.1, 0.15) is 64.5 Å². The highest BCUT2D eigenvalue weighted by atomic mass is 79.9. The molecule has 13 heteroatoms. The molecule has 3 fully saturated rings. The normalized spacial score (nSPS) is 18.6. The largest absolute Gasteiger partial charge is 0.485 e. The first-order valence-corrected chi connectivity index (χ1v) is 17.9. The van der Waals surface area contributed by atoms with E-state index in [1.54, 1.807) is 12.1 Å². The van der Waals surface area contributed by atoms with Crippen LogP contribution in [-0.4, -0.2) is 90.5 Å². The number of nitrogens with zero attached hydrogens (tertiary/aromatic N) is 5. The number of hydrogen-bond donors (Lipinski definition) is 0. The van der Waals surface area contributed by atoms with E-state index >= 15 is 0 Å². The zero-order valence-corrected chi connectivity index (χ0v) is 30.5. The van der Waals surface area contributed by atoms with E-state index in [0.717, 1.165) is 85.1 Å². The predicted molar refractivity (Wildman–Crippen MR) is 187 cm³/mol. The third-order valence-electron chi connectivity index (χ3n) is 9.60. The zero-order valence-electron chi connectivity index (χ0n) is 28.9. The Kier molecular flexibility index (Phi) is 10.4. The van der Waals surface area contributed by atoms with Gasteiger partial charge in [0.05, 0.1) is 4.47 Å². The van der Waals surface area contributed by atoms with Crippen LogP contribution >= 0.6 is 15.9 Å². The maximum Gasteiger partial charge on any atom is 0.410 e. The summed E-state index contributed by atoms with van der Waals surface area (Å²) in [5.74, 6) is 1.49. The van der Waals surface area contributed by atoms with E-state index in [1.165, 1.54) is 12.1 Å². The second-order valence-corrected chi connectivity index (χ2v) is 15.3. The number of carbonyl (C=O) groups excluding carboxylic acids is 1. The van der Waals surface area contributed by atoms with E-state index in [1.807, 2.05) is 25.7 Å². The van der Waals surface area contributed by atoms with Crippen LogP contribution in [0.25, 0.3) is 10.9 Å². The minimum absolute atomic E-state index is 0.0108. The first-order valence-electron chi connectivity index (χ1n) is 17.1. The van der Waals surface area contributed by atoms with Crippen molar-refractivity contribution in [1.29, 1.82) is 0 Å². The summed E-state index contributed by atoms with van der Waals surface area (Å²) in [5.41, 5.74) is 2.05. The molecule has 0 saturated carbocycles. The van der Waals surface area contributed by atoms with Gasteiger partial charge in [-0.2, -0.15) is 18.7 Å². The molecule has 49 heavy (non-hydrogen) atoms. The standard InChI is InChI=1S/C36H46BrF2N5O5/c1-6-24-19-27-29(30(28(24)37)46-20-23-7-9-25(10-8-23)47-32(38)39)40-33(48-26-11-15-42(5)16-12-26)41-31(27)43-17-13-36(14-18-43)21-44(22-36)34(45)49-35(2,3)4/h7-10,19,26,32H,6,11-18,20-22H2,1-5H3. The summed E-state index contributed by atoms with van der Waals surface area (Å²) in [4.78, 5) is 29.1. The summed E-state index contributed by atoms with van der Waals surface area (Å²) >= 11 is 3.80. The highest BCUT2D eigenvalue weighted by Crippen LogP contribution is 2.45. The summed E-state index contributed by atoms with van der Waals surface area (Å²) in [6.07, 6.45) is 4.14. The van der Waals surface area contributed by atoms with Gasteiger partial charge in [0.1, 0.15) is 35.4 Å². The molecule has 3 aliphatic rings. The highest BCUT2D eigenvalue weighted by molar-refractivity contribution is 9.10. The van der Waals surface area contributed by atoms with Crippen LogP contribution in [0.3, 0.4) is 0 Å². The third kappa shape index (κ3) is 8.30. The van der Waals surface area contributed by atoms with E-state index in [0.29, 0.717) is 30.4 Å². The van der Waals surface area contributed by atoms with E-state index in [4.69, 9.17) is 24.2 Å². The molecule has 0 unspecified atom stereocenters. The number of likely N-dealkylation sites (tertiary alicyclic amines) is 2. The molecule has 0 radical (unpaired) electrons. The fraction of sp³-hybridized carbons (Fsp3) is 0.583. The van der Waals surface area contributed by atoms with Crippen LogP contribution in [0, 0.1) is 5.41 Å². The van der Waals surface area contributed by atoms with Crippen LogP contribution in [0.5, 0.6) is 17.5 Å². The maximum absolute atomic E-state index is 12.7. The number of rotatable bonds is 9. The summed E-state index contributed by atoms with van der Waals surface area (Å²) in [6.45, 7) is 9.92. The van der Waals surface area contributed by atoms with Gasteiger partial charge < -0.3 is 33.6 Å². The lowest BCUT2D eigenvalue weighted by atomic mass is 9.72. The second kappa shape index (κ2) is 14.4. The number of anilines is 1. The topological polar surface area (TPSA) is 89.5 Å². The Bertz CT molecular complexity index is 1630. The molecule has 1 aromatic heterocycles. The third-order valence-corrected chi connectivity index (χ3v) is 10.5. The monoisotopic (exact) mass is 745 g/mol. The predicted octanol–water partition coefficient (Wildman–Crippen LogP) is 7.45. The Morgan fingerprint density at radius 2 is 1.73 bits per heavy atom. The van der Waals surface area contributed by atoms with E-state index in [-0.39, 0.29) is 30.0 Å². The molecule has 10 nitrogen and oxygen atoms in total. The van der Waals surface area contributed by atoms with Crippen molar-refractivity contribution in [3.05, 3.63) is 45.9 Å². The van der Waals surface area contributed by atoms with Crippen molar-refractivity contribution >= 4 is 38.7 Å². The quantitative estimate of drug-likeness (QED) is 0.222. The Hall–Kier alpha value is -3.45. The molecule has 0 aliphatic carbocycles. The first kappa shape index (κ1) is 35.4. The summed E-state index contributed by atoms with van der Waals surface area (Å²) in [6, 6.07) is 8.89. The van der Waals surface area contributed by atoms with Gasteiger partial charge in [0.2, 0.25) is 0 Å². The van der Waals surface area contributed by atoms with Crippen LogP contribution in [0.4, 0.5) is 19.4 Å². The van der Waals surface area contributed by atoms with Gasteiger partial charge in [-0.3, -0.25) is 0 Å². The van der Waals surface area contributed by atoms with Crippen molar-refractivity contribution in [3.63, 3.8) is 0 Å². The number of aryl methyl sites for hydroxylation is 1. The lowest BCUT2D eigenvalue weighted by Gasteiger charge is -2.53. The maximum atomic E-state index is 12.7. The number of amides is 1. The molecule has 0 N–H and O–H groups in total. The van der Waals surface area contributed by atoms with Gasteiger partial charge in [-0.25, -0.2) is 4.79 Å². The van der Waals surface area contributed by atoms with Crippen molar-refractivity contribution in [3.8, 4) is 17.5 Å². The van der Waals surface area contributed by atoms with Gasteiger partial charge in [-0.1, -0.05) is 19.1 Å². The van der Waals surface area contributed by atoms with E-state index in [9.17, 15) is 13.6 Å². The SMILES string of the molecule is CCc1cc2c(N3CCC4(CC3)CN(C(=O)OC(C)(C)C)C4)nc(OC3CCN(C)CC3)nc2c(OCc2ccc(OC(F)F)cc2)c1Br. The molecule has 266 valence electrons. The van der Waals surface area contributed by atoms with Gasteiger partial charge in [-0.05, 0) is 105 Å². The molecule has 6 rings (SSSR count). The fourth-order valence-corrected chi connectivity index (χ4v) is 7.51. The number of benzene rings is 2. The molecule has 1 spiro atoms. The molecular formula is C36H46BrF2N5O5. The molecule has 4 heterocycles. The number of ether oxygens (including phenoxy) is 4. The van der Waals surface area contributed by atoms with Crippen LogP contribution in [0.15, 0.2) is 34.8 Å². The van der Waals surface area contributed by atoms with Crippen molar-refractivity contribution in [2.24, 2.45) is 5.41 Å². The number of alkyl halides is 2. The number of piperidine rings is 2. The Labute approximate surface area is 295 Å². The van der Waals surface area contributed by atoms with Crippen LogP contribution in [-0.2, 0) is 17.8 Å². The minimum atomic E-state index is -2.88. The molecular weight excluding hydrogens is 700 g/mol. The number of carbonyl (C=O) groups is 1. The fourth-order valence-electron chi connectivity index (χ4n) is 6.82. The summed E-state index contributed by atoms with van der Waals surface area (Å²) in [5, 5.41) is 0.881. The average Bonchev–Trinajstić information content (AvgIpc) is 3.03.